The topological polar surface area (TPSA) is 56.7 Å². The summed E-state index contributed by atoms with van der Waals surface area (Å²) in [6.45, 7) is 0. The lowest BCUT2D eigenvalue weighted by atomic mass is 9.43. The maximum atomic E-state index is 6.47. The summed E-state index contributed by atoms with van der Waals surface area (Å²) >= 11 is 0. The van der Waals surface area contributed by atoms with E-state index in [1.165, 1.54) is 76.3 Å². The molecule has 4 fully saturated rings. The van der Waals surface area contributed by atoms with Gasteiger partial charge in [-0.15, -0.1) is 0 Å². The zero-order chi connectivity index (χ0) is 43.1. The molecule has 16 rings (SSSR count). The van der Waals surface area contributed by atoms with Crippen molar-refractivity contribution in [3.8, 4) is 62.1 Å². The van der Waals surface area contributed by atoms with Crippen molar-refractivity contribution in [2.24, 2.45) is 23.7 Å². The Morgan fingerprint density at radius 1 is 0.409 bits per heavy atom. The van der Waals surface area contributed by atoms with Gasteiger partial charge < -0.3 is 8.98 Å². The number of nitrogens with zero attached hydrogens (tertiary/aromatic N) is 4. The Kier molecular flexibility index (Phi) is 7.61. The molecule has 314 valence electrons. The van der Waals surface area contributed by atoms with E-state index in [9.17, 15) is 0 Å². The number of aromatic nitrogens is 4. The molecule has 5 aliphatic carbocycles. The monoisotopic (exact) mass is 848 g/mol. The Morgan fingerprint density at radius 2 is 1.02 bits per heavy atom. The van der Waals surface area contributed by atoms with Gasteiger partial charge in [-0.05, 0) is 132 Å². The van der Waals surface area contributed by atoms with Gasteiger partial charge in [0.25, 0.3) is 0 Å². The minimum Gasteiger partial charge on any atom is -0.456 e. The Hall–Kier alpha value is -7.63. The fourth-order valence-electron chi connectivity index (χ4n) is 13.9. The standard InChI is InChI=1S/C61H44N4O/c1-2-12-38(13-3-1)39-14-10-15-44(33-39)65-53-22-8-5-17-46(53)47-26-24-40(34-54(47)65)58-62-59(41-25-27-49-48-18-6-9-23-55(48)66-56(49)35-41)64-60(63-58)51-20-11-19-50-45-16-4-7-21-52(45)61(57(50)51)42-29-36-28-37(31-42)32-43(61)30-36/h1-27,33-37,42-43H,28-32H2. The highest BCUT2D eigenvalue weighted by atomic mass is 16.3. The van der Waals surface area contributed by atoms with Gasteiger partial charge in [0.15, 0.2) is 17.5 Å². The first-order valence-corrected chi connectivity index (χ1v) is 23.8. The predicted octanol–water partition coefficient (Wildman–Crippen LogP) is 15.3. The largest absolute Gasteiger partial charge is 0.456 e. The van der Waals surface area contributed by atoms with Crippen LogP contribution in [0.25, 0.3) is 106 Å². The third-order valence-corrected chi connectivity index (χ3v) is 16.2. The van der Waals surface area contributed by atoms with Crippen molar-refractivity contribution < 1.29 is 4.42 Å². The van der Waals surface area contributed by atoms with Crippen molar-refractivity contribution in [1.82, 2.24) is 19.5 Å². The second kappa shape index (κ2) is 13.7. The molecule has 8 aromatic carbocycles. The first-order valence-electron chi connectivity index (χ1n) is 23.8. The summed E-state index contributed by atoms with van der Waals surface area (Å²) in [5.74, 6) is 4.93. The van der Waals surface area contributed by atoms with Crippen molar-refractivity contribution in [2.45, 2.75) is 37.5 Å². The Labute approximate surface area is 382 Å². The first kappa shape index (κ1) is 36.7. The Morgan fingerprint density at radius 3 is 1.85 bits per heavy atom. The number of hydrogen-bond donors (Lipinski definition) is 0. The van der Waals surface area contributed by atoms with Crippen molar-refractivity contribution >= 4 is 43.7 Å². The van der Waals surface area contributed by atoms with E-state index in [1.54, 1.807) is 0 Å². The van der Waals surface area contributed by atoms with Gasteiger partial charge in [-0.3, -0.25) is 0 Å². The summed E-state index contributed by atoms with van der Waals surface area (Å²) in [4.78, 5) is 16.5. The SMILES string of the molecule is c1ccc(-c2cccc(-n3c4ccccc4c4ccc(-c5nc(-c6ccc7c(c6)oc6ccccc67)nc(-c6cccc7c6C6(c8ccccc8-7)C7CC8CC(C7)CC6C8)n5)cc43)c2)cc1. The quantitative estimate of drug-likeness (QED) is 0.173. The molecule has 3 heterocycles. The van der Waals surface area contributed by atoms with Gasteiger partial charge in [0.2, 0.25) is 0 Å². The lowest BCUT2D eigenvalue weighted by Crippen LogP contribution is -2.55. The minimum atomic E-state index is -0.0514. The van der Waals surface area contributed by atoms with Gasteiger partial charge in [0.1, 0.15) is 11.2 Å². The van der Waals surface area contributed by atoms with Crippen LogP contribution in [-0.4, -0.2) is 19.5 Å². The van der Waals surface area contributed by atoms with E-state index in [-0.39, 0.29) is 5.41 Å². The van der Waals surface area contributed by atoms with Crippen LogP contribution < -0.4 is 0 Å². The Balaban J connectivity index is 0.968. The van der Waals surface area contributed by atoms with Crippen LogP contribution in [0, 0.1) is 23.7 Å². The molecule has 0 aliphatic heterocycles. The van der Waals surface area contributed by atoms with Gasteiger partial charge in [0, 0.05) is 49.3 Å². The molecule has 0 N–H and O–H groups in total. The summed E-state index contributed by atoms with van der Waals surface area (Å²) in [6, 6.07) is 65.9. The molecule has 4 saturated carbocycles. The molecular formula is C61H44N4O. The maximum Gasteiger partial charge on any atom is 0.164 e. The summed E-state index contributed by atoms with van der Waals surface area (Å²) in [5.41, 5.74) is 16.1. The molecular weight excluding hydrogens is 805 g/mol. The van der Waals surface area contributed by atoms with E-state index in [2.05, 4.69) is 174 Å². The van der Waals surface area contributed by atoms with Gasteiger partial charge in [0.05, 0.1) is 11.0 Å². The van der Waals surface area contributed by atoms with E-state index in [1.807, 2.05) is 12.1 Å². The highest BCUT2D eigenvalue weighted by molar-refractivity contribution is 6.10. The number of rotatable bonds is 5. The first-order chi connectivity index (χ1) is 32.7. The molecule has 0 atom stereocenters. The number of fused-ring (bicyclic) bond motifs is 9. The van der Waals surface area contributed by atoms with Crippen LogP contribution >= 0.6 is 0 Å². The van der Waals surface area contributed by atoms with E-state index in [0.717, 1.165) is 73.0 Å². The number of para-hydroxylation sites is 2. The highest BCUT2D eigenvalue weighted by Crippen LogP contribution is 2.70. The van der Waals surface area contributed by atoms with E-state index < -0.39 is 0 Å². The molecule has 0 amide bonds. The predicted molar refractivity (Wildman–Crippen MR) is 266 cm³/mol. The van der Waals surface area contributed by atoms with Gasteiger partial charge in [-0.1, -0.05) is 140 Å². The molecule has 4 bridgehead atoms. The van der Waals surface area contributed by atoms with Gasteiger partial charge in [-0.25, -0.2) is 15.0 Å². The molecule has 3 aromatic heterocycles. The van der Waals surface area contributed by atoms with Crippen molar-refractivity contribution in [1.29, 1.82) is 0 Å². The average Bonchev–Trinajstić information content (AvgIpc) is 4.01. The number of furan rings is 1. The van der Waals surface area contributed by atoms with Crippen molar-refractivity contribution in [3.05, 3.63) is 193 Å². The molecule has 0 unspecified atom stereocenters. The van der Waals surface area contributed by atoms with Crippen LogP contribution in [0.1, 0.15) is 43.2 Å². The summed E-state index contributed by atoms with van der Waals surface area (Å²) in [7, 11) is 0. The average molecular weight is 849 g/mol. The van der Waals surface area contributed by atoms with E-state index in [0.29, 0.717) is 23.5 Å². The third-order valence-electron chi connectivity index (χ3n) is 16.2. The normalized spacial score (nSPS) is 21.4. The fourth-order valence-corrected chi connectivity index (χ4v) is 13.9. The highest BCUT2D eigenvalue weighted by Gasteiger charge is 2.62. The molecule has 5 aliphatic rings. The van der Waals surface area contributed by atoms with Crippen LogP contribution in [0.3, 0.4) is 0 Å². The molecule has 5 nitrogen and oxygen atoms in total. The molecule has 0 saturated heterocycles. The minimum absolute atomic E-state index is 0.0514. The van der Waals surface area contributed by atoms with E-state index in [4.69, 9.17) is 19.4 Å². The summed E-state index contributed by atoms with van der Waals surface area (Å²) in [6.07, 6.45) is 6.65. The van der Waals surface area contributed by atoms with Crippen molar-refractivity contribution in [3.63, 3.8) is 0 Å². The zero-order valence-corrected chi connectivity index (χ0v) is 36.4. The van der Waals surface area contributed by atoms with Gasteiger partial charge in [-0.2, -0.15) is 0 Å². The lowest BCUT2D eigenvalue weighted by Gasteiger charge is -2.61. The second-order valence-electron chi connectivity index (χ2n) is 19.6. The second-order valence-corrected chi connectivity index (χ2v) is 19.6. The molecule has 0 radical (unpaired) electrons. The number of hydrogen-bond acceptors (Lipinski definition) is 4. The summed E-state index contributed by atoms with van der Waals surface area (Å²) in [5, 5.41) is 4.59. The summed E-state index contributed by atoms with van der Waals surface area (Å²) < 4.78 is 8.86. The van der Waals surface area contributed by atoms with Gasteiger partial charge >= 0.3 is 0 Å². The number of benzene rings is 8. The van der Waals surface area contributed by atoms with Crippen LogP contribution in [0.5, 0.6) is 0 Å². The zero-order valence-electron chi connectivity index (χ0n) is 36.4. The lowest BCUT2D eigenvalue weighted by molar-refractivity contribution is -0.0397. The van der Waals surface area contributed by atoms with Crippen molar-refractivity contribution in [2.75, 3.05) is 0 Å². The Bertz CT molecular complexity index is 3770. The fraction of sp³-hybridized carbons (Fsp3) is 0.164. The molecule has 66 heavy (non-hydrogen) atoms. The molecule has 5 heteroatoms. The third kappa shape index (κ3) is 5.14. The van der Waals surface area contributed by atoms with Crippen LogP contribution in [0.2, 0.25) is 0 Å². The smallest absolute Gasteiger partial charge is 0.164 e. The maximum absolute atomic E-state index is 6.47. The van der Waals surface area contributed by atoms with Crippen LogP contribution in [-0.2, 0) is 5.41 Å². The van der Waals surface area contributed by atoms with Crippen LogP contribution in [0.4, 0.5) is 0 Å². The molecule has 11 aromatic rings. The van der Waals surface area contributed by atoms with Crippen LogP contribution in [0.15, 0.2) is 186 Å². The van der Waals surface area contributed by atoms with E-state index >= 15 is 0 Å². The molecule has 1 spiro atoms.